The van der Waals surface area contributed by atoms with Crippen LogP contribution in [0.25, 0.3) is 0 Å². The number of nitrogens with zero attached hydrogens (tertiary/aromatic N) is 1. The highest BCUT2D eigenvalue weighted by Gasteiger charge is 2.42. The van der Waals surface area contributed by atoms with Gasteiger partial charge in [-0.1, -0.05) is 6.07 Å². The standard InChI is InChI=1S/C14H20N2OS/c15-13-5-3-10-8-16(9-12(10)13)14(17)6-4-11-2-1-7-18-11/h1-2,7,10,12-13H,3-6,8-9,15H2. The van der Waals surface area contributed by atoms with Gasteiger partial charge in [0.15, 0.2) is 0 Å². The minimum absolute atomic E-state index is 0.310. The molecule has 0 radical (unpaired) electrons. The number of rotatable bonds is 3. The summed E-state index contributed by atoms with van der Waals surface area (Å²) >= 11 is 1.73. The Morgan fingerprint density at radius 2 is 2.33 bits per heavy atom. The third-order valence-electron chi connectivity index (χ3n) is 4.43. The fraction of sp³-hybridized carbons (Fsp3) is 0.643. The molecule has 1 aromatic rings. The molecule has 0 spiro atoms. The number of amides is 1. The Bertz CT molecular complexity index is 417. The Labute approximate surface area is 112 Å². The molecule has 3 unspecified atom stereocenters. The molecule has 1 amide bonds. The van der Waals surface area contributed by atoms with E-state index in [0.29, 0.717) is 30.2 Å². The van der Waals surface area contributed by atoms with Crippen LogP contribution in [0.4, 0.5) is 0 Å². The van der Waals surface area contributed by atoms with Crippen LogP contribution in [0, 0.1) is 11.8 Å². The summed E-state index contributed by atoms with van der Waals surface area (Å²) in [5, 5.41) is 2.07. The van der Waals surface area contributed by atoms with Gasteiger partial charge in [-0.2, -0.15) is 0 Å². The summed E-state index contributed by atoms with van der Waals surface area (Å²) < 4.78 is 0. The Morgan fingerprint density at radius 3 is 3.06 bits per heavy atom. The molecule has 98 valence electrons. The van der Waals surface area contributed by atoms with Crippen molar-refractivity contribution in [1.29, 1.82) is 0 Å². The molecule has 3 rings (SSSR count). The zero-order valence-corrected chi connectivity index (χ0v) is 11.4. The maximum atomic E-state index is 12.2. The lowest BCUT2D eigenvalue weighted by atomic mass is 9.98. The second-order valence-electron chi connectivity index (χ2n) is 5.54. The van der Waals surface area contributed by atoms with Gasteiger partial charge in [0.05, 0.1) is 0 Å². The number of carbonyl (C=O) groups is 1. The maximum Gasteiger partial charge on any atom is 0.222 e. The first kappa shape index (κ1) is 12.2. The van der Waals surface area contributed by atoms with E-state index in [4.69, 9.17) is 5.73 Å². The number of likely N-dealkylation sites (tertiary alicyclic amines) is 1. The first-order chi connectivity index (χ1) is 8.74. The predicted octanol–water partition coefficient (Wildman–Crippen LogP) is 1.88. The van der Waals surface area contributed by atoms with Crippen LogP contribution < -0.4 is 5.73 Å². The first-order valence-corrected chi connectivity index (χ1v) is 7.68. The number of hydrogen-bond acceptors (Lipinski definition) is 3. The molecule has 3 atom stereocenters. The highest BCUT2D eigenvalue weighted by molar-refractivity contribution is 7.09. The summed E-state index contributed by atoms with van der Waals surface area (Å²) in [6.45, 7) is 1.84. The molecule has 1 aliphatic carbocycles. The first-order valence-electron chi connectivity index (χ1n) is 6.80. The van der Waals surface area contributed by atoms with E-state index in [1.807, 2.05) is 11.0 Å². The minimum atomic E-state index is 0.310. The third-order valence-corrected chi connectivity index (χ3v) is 5.37. The average Bonchev–Trinajstić information content (AvgIpc) is 3.05. The van der Waals surface area contributed by atoms with E-state index in [9.17, 15) is 4.79 Å². The van der Waals surface area contributed by atoms with Crippen molar-refractivity contribution >= 4 is 17.2 Å². The fourth-order valence-corrected chi connectivity index (χ4v) is 4.06. The number of carbonyl (C=O) groups excluding carboxylic acids is 1. The van der Waals surface area contributed by atoms with Crippen LogP contribution in [0.3, 0.4) is 0 Å². The Balaban J connectivity index is 1.52. The molecule has 1 aliphatic heterocycles. The number of hydrogen-bond donors (Lipinski definition) is 1. The SMILES string of the molecule is NC1CCC2CN(C(=O)CCc3cccs3)CC12. The van der Waals surface area contributed by atoms with Crippen molar-refractivity contribution in [2.45, 2.75) is 31.7 Å². The molecule has 1 saturated carbocycles. The number of aryl methyl sites for hydroxylation is 1. The van der Waals surface area contributed by atoms with Gasteiger partial charge in [0, 0.05) is 30.4 Å². The van der Waals surface area contributed by atoms with Gasteiger partial charge in [0.25, 0.3) is 0 Å². The van der Waals surface area contributed by atoms with Gasteiger partial charge in [-0.05, 0) is 42.5 Å². The van der Waals surface area contributed by atoms with Crippen molar-refractivity contribution in [2.75, 3.05) is 13.1 Å². The molecule has 0 aromatic carbocycles. The van der Waals surface area contributed by atoms with E-state index < -0.39 is 0 Å². The molecule has 1 aromatic heterocycles. The zero-order chi connectivity index (χ0) is 12.5. The summed E-state index contributed by atoms with van der Waals surface area (Å²) in [7, 11) is 0. The second-order valence-corrected chi connectivity index (χ2v) is 6.58. The quantitative estimate of drug-likeness (QED) is 0.906. The second kappa shape index (κ2) is 5.02. The molecule has 3 nitrogen and oxygen atoms in total. The topological polar surface area (TPSA) is 46.3 Å². The summed E-state index contributed by atoms with van der Waals surface area (Å²) in [4.78, 5) is 15.5. The Morgan fingerprint density at radius 1 is 1.44 bits per heavy atom. The van der Waals surface area contributed by atoms with Crippen molar-refractivity contribution in [3.05, 3.63) is 22.4 Å². The van der Waals surface area contributed by atoms with Crippen LogP contribution in [-0.2, 0) is 11.2 Å². The summed E-state index contributed by atoms with van der Waals surface area (Å²) in [6.07, 6.45) is 3.89. The van der Waals surface area contributed by atoms with E-state index in [0.717, 1.165) is 25.9 Å². The van der Waals surface area contributed by atoms with E-state index in [1.165, 1.54) is 11.3 Å². The van der Waals surface area contributed by atoms with Gasteiger partial charge in [-0.15, -0.1) is 11.3 Å². The normalized spacial score (nSPS) is 30.7. The van der Waals surface area contributed by atoms with Crippen molar-refractivity contribution < 1.29 is 4.79 Å². The smallest absolute Gasteiger partial charge is 0.222 e. The highest BCUT2D eigenvalue weighted by Crippen LogP contribution is 2.37. The van der Waals surface area contributed by atoms with Gasteiger partial charge < -0.3 is 10.6 Å². The molecular formula is C14H20N2OS. The average molecular weight is 264 g/mol. The van der Waals surface area contributed by atoms with Crippen LogP contribution in [0.5, 0.6) is 0 Å². The van der Waals surface area contributed by atoms with Crippen LogP contribution in [0.2, 0.25) is 0 Å². The van der Waals surface area contributed by atoms with E-state index in [-0.39, 0.29) is 0 Å². The number of fused-ring (bicyclic) bond motifs is 1. The van der Waals surface area contributed by atoms with Crippen LogP contribution >= 0.6 is 11.3 Å². The monoisotopic (exact) mass is 264 g/mol. The summed E-state index contributed by atoms with van der Waals surface area (Å²) in [5.41, 5.74) is 6.10. The Kier molecular flexibility index (Phi) is 3.39. The van der Waals surface area contributed by atoms with Gasteiger partial charge in [0.2, 0.25) is 5.91 Å². The molecule has 18 heavy (non-hydrogen) atoms. The lowest BCUT2D eigenvalue weighted by Gasteiger charge is -2.18. The van der Waals surface area contributed by atoms with Crippen LogP contribution in [0.15, 0.2) is 17.5 Å². The van der Waals surface area contributed by atoms with Crippen molar-refractivity contribution in [2.24, 2.45) is 17.6 Å². The van der Waals surface area contributed by atoms with Crippen LogP contribution in [0.1, 0.15) is 24.1 Å². The van der Waals surface area contributed by atoms with Gasteiger partial charge in [-0.25, -0.2) is 0 Å². The van der Waals surface area contributed by atoms with Crippen molar-refractivity contribution in [3.8, 4) is 0 Å². The number of nitrogens with two attached hydrogens (primary N) is 1. The molecule has 2 heterocycles. The van der Waals surface area contributed by atoms with Gasteiger partial charge >= 0.3 is 0 Å². The van der Waals surface area contributed by atoms with Gasteiger partial charge in [0.1, 0.15) is 0 Å². The molecule has 2 fully saturated rings. The lowest BCUT2D eigenvalue weighted by molar-refractivity contribution is -0.130. The van der Waals surface area contributed by atoms with Gasteiger partial charge in [-0.3, -0.25) is 4.79 Å². The zero-order valence-electron chi connectivity index (χ0n) is 10.5. The molecule has 1 saturated heterocycles. The van der Waals surface area contributed by atoms with E-state index in [2.05, 4.69) is 11.4 Å². The molecule has 2 aliphatic rings. The maximum absolute atomic E-state index is 12.2. The Hall–Kier alpha value is -0.870. The molecule has 2 N–H and O–H groups in total. The number of thiophene rings is 1. The van der Waals surface area contributed by atoms with E-state index in [1.54, 1.807) is 11.3 Å². The largest absolute Gasteiger partial charge is 0.342 e. The predicted molar refractivity (Wildman–Crippen MR) is 73.4 cm³/mol. The van der Waals surface area contributed by atoms with Crippen molar-refractivity contribution in [1.82, 2.24) is 4.90 Å². The van der Waals surface area contributed by atoms with Crippen LogP contribution in [-0.4, -0.2) is 29.9 Å². The molecule has 0 bridgehead atoms. The highest BCUT2D eigenvalue weighted by atomic mass is 32.1. The fourth-order valence-electron chi connectivity index (χ4n) is 3.35. The molecular weight excluding hydrogens is 244 g/mol. The summed E-state index contributed by atoms with van der Waals surface area (Å²) in [6, 6.07) is 4.47. The lowest BCUT2D eigenvalue weighted by Crippen LogP contribution is -2.33. The van der Waals surface area contributed by atoms with Crippen molar-refractivity contribution in [3.63, 3.8) is 0 Å². The minimum Gasteiger partial charge on any atom is -0.342 e. The molecule has 4 heteroatoms. The third kappa shape index (κ3) is 2.31. The summed E-state index contributed by atoms with van der Waals surface area (Å²) in [5.74, 6) is 1.55. The van der Waals surface area contributed by atoms with E-state index >= 15 is 0 Å².